The predicted octanol–water partition coefficient (Wildman–Crippen LogP) is 2.44. The van der Waals surface area contributed by atoms with E-state index in [2.05, 4.69) is 17.0 Å². The van der Waals surface area contributed by atoms with Crippen molar-refractivity contribution < 1.29 is 9.53 Å². The van der Waals surface area contributed by atoms with Gasteiger partial charge in [-0.1, -0.05) is 6.58 Å². The summed E-state index contributed by atoms with van der Waals surface area (Å²) in [6.07, 6.45) is 1.28. The molecular weight excluding hydrogens is 230 g/mol. The Labute approximate surface area is 108 Å². The highest BCUT2D eigenvalue weighted by Crippen LogP contribution is 2.11. The third-order valence-corrected chi connectivity index (χ3v) is 2.22. The van der Waals surface area contributed by atoms with Crippen LogP contribution in [0.25, 0.3) is 5.57 Å². The number of carbonyl (C=O) groups is 1. The number of aryl methyl sites for hydroxylation is 1. The van der Waals surface area contributed by atoms with E-state index < -0.39 is 11.7 Å². The molecule has 18 heavy (non-hydrogen) atoms. The molecule has 0 saturated carbocycles. The molecule has 0 aromatic carbocycles. The molecule has 0 saturated heterocycles. The fraction of sp³-hybridized carbons (Fsp3) is 0.538. The first-order chi connectivity index (χ1) is 8.33. The van der Waals surface area contributed by atoms with Crippen LogP contribution in [0.4, 0.5) is 4.79 Å². The summed E-state index contributed by atoms with van der Waals surface area (Å²) >= 11 is 0. The Kier molecular flexibility index (Phi) is 4.53. The number of hydrogen-bond donors (Lipinski definition) is 1. The van der Waals surface area contributed by atoms with E-state index in [1.54, 1.807) is 6.20 Å². The maximum Gasteiger partial charge on any atom is 0.407 e. The van der Waals surface area contributed by atoms with E-state index in [1.807, 2.05) is 38.4 Å². The largest absolute Gasteiger partial charge is 0.444 e. The van der Waals surface area contributed by atoms with Crippen LogP contribution < -0.4 is 5.32 Å². The van der Waals surface area contributed by atoms with Crippen LogP contribution in [0.2, 0.25) is 0 Å². The van der Waals surface area contributed by atoms with E-state index >= 15 is 0 Å². The van der Waals surface area contributed by atoms with Gasteiger partial charge < -0.3 is 10.1 Å². The van der Waals surface area contributed by atoms with E-state index in [0.29, 0.717) is 6.54 Å². The van der Waals surface area contributed by atoms with Crippen LogP contribution in [0.5, 0.6) is 0 Å². The molecule has 100 valence electrons. The molecule has 0 aliphatic carbocycles. The van der Waals surface area contributed by atoms with Crippen molar-refractivity contribution in [3.63, 3.8) is 0 Å². The maximum absolute atomic E-state index is 11.5. The van der Waals surface area contributed by atoms with Gasteiger partial charge >= 0.3 is 6.09 Å². The highest BCUT2D eigenvalue weighted by molar-refractivity contribution is 5.72. The van der Waals surface area contributed by atoms with Gasteiger partial charge in [0.25, 0.3) is 0 Å². The van der Waals surface area contributed by atoms with Crippen molar-refractivity contribution in [2.75, 3.05) is 6.54 Å². The zero-order valence-electron chi connectivity index (χ0n) is 11.5. The summed E-state index contributed by atoms with van der Waals surface area (Å²) in [5.41, 5.74) is 1.24. The zero-order valence-corrected chi connectivity index (χ0v) is 11.5. The molecule has 0 aliphatic rings. The van der Waals surface area contributed by atoms with E-state index in [0.717, 1.165) is 17.8 Å². The summed E-state index contributed by atoms with van der Waals surface area (Å²) in [4.78, 5) is 11.5. The van der Waals surface area contributed by atoms with E-state index in [-0.39, 0.29) is 0 Å². The fourth-order valence-corrected chi connectivity index (χ4v) is 1.47. The lowest BCUT2D eigenvalue weighted by Crippen LogP contribution is -2.33. The van der Waals surface area contributed by atoms with Gasteiger partial charge in [-0.15, -0.1) is 0 Å². The number of rotatable bonds is 4. The molecule has 0 bridgehead atoms. The van der Waals surface area contributed by atoms with Crippen LogP contribution in [0.3, 0.4) is 0 Å². The standard InChI is InChI=1S/C13H21N3O2/c1-6-16-11(7-8-15-16)10(2)9-14-12(17)18-13(3,4)5/h7-8H,2,6,9H2,1,3-5H3,(H,14,17). The first-order valence-corrected chi connectivity index (χ1v) is 6.00. The summed E-state index contributed by atoms with van der Waals surface area (Å²) in [5.74, 6) is 0. The normalized spacial score (nSPS) is 11.1. The lowest BCUT2D eigenvalue weighted by atomic mass is 10.2. The summed E-state index contributed by atoms with van der Waals surface area (Å²) in [6.45, 7) is 12.5. The summed E-state index contributed by atoms with van der Waals surface area (Å²) in [7, 11) is 0. The first-order valence-electron chi connectivity index (χ1n) is 6.00. The molecule has 1 rings (SSSR count). The molecule has 0 spiro atoms. The van der Waals surface area contributed by atoms with Gasteiger partial charge in [0.15, 0.2) is 0 Å². The lowest BCUT2D eigenvalue weighted by molar-refractivity contribution is 0.0535. The van der Waals surface area contributed by atoms with Crippen molar-refractivity contribution in [3.8, 4) is 0 Å². The second kappa shape index (κ2) is 5.71. The van der Waals surface area contributed by atoms with Gasteiger partial charge in [-0.05, 0) is 39.3 Å². The van der Waals surface area contributed by atoms with Crippen LogP contribution >= 0.6 is 0 Å². The van der Waals surface area contributed by atoms with Crippen LogP contribution in [-0.2, 0) is 11.3 Å². The quantitative estimate of drug-likeness (QED) is 0.894. The molecule has 5 heteroatoms. The average molecular weight is 251 g/mol. The zero-order chi connectivity index (χ0) is 13.8. The first kappa shape index (κ1) is 14.3. The molecule has 1 aromatic rings. The van der Waals surface area contributed by atoms with Crippen molar-refractivity contribution in [2.24, 2.45) is 0 Å². The van der Waals surface area contributed by atoms with E-state index in [4.69, 9.17) is 4.74 Å². The van der Waals surface area contributed by atoms with Crippen LogP contribution in [0.1, 0.15) is 33.4 Å². The number of hydrogen-bond acceptors (Lipinski definition) is 3. The Morgan fingerprint density at radius 3 is 2.78 bits per heavy atom. The Balaban J connectivity index is 2.49. The van der Waals surface area contributed by atoms with Gasteiger partial charge in [-0.25, -0.2) is 4.79 Å². The van der Waals surface area contributed by atoms with Crippen molar-refractivity contribution in [1.82, 2.24) is 15.1 Å². The minimum absolute atomic E-state index is 0.348. The number of alkyl carbamates (subject to hydrolysis) is 1. The van der Waals surface area contributed by atoms with Crippen molar-refractivity contribution in [2.45, 2.75) is 39.8 Å². The van der Waals surface area contributed by atoms with Crippen molar-refractivity contribution in [3.05, 3.63) is 24.5 Å². The predicted molar refractivity (Wildman–Crippen MR) is 71.2 cm³/mol. The molecule has 0 atom stereocenters. The molecule has 0 fully saturated rings. The number of nitrogens with one attached hydrogen (secondary N) is 1. The number of aromatic nitrogens is 2. The minimum atomic E-state index is -0.489. The van der Waals surface area contributed by atoms with Gasteiger partial charge in [-0.2, -0.15) is 5.10 Å². The summed E-state index contributed by atoms with van der Waals surface area (Å²) < 4.78 is 6.98. The topological polar surface area (TPSA) is 56.1 Å². The Hall–Kier alpha value is -1.78. The van der Waals surface area contributed by atoms with Gasteiger partial charge in [0.2, 0.25) is 0 Å². The van der Waals surface area contributed by atoms with Gasteiger partial charge in [-0.3, -0.25) is 4.68 Å². The number of nitrogens with zero attached hydrogens (tertiary/aromatic N) is 2. The Morgan fingerprint density at radius 2 is 2.22 bits per heavy atom. The third-order valence-electron chi connectivity index (χ3n) is 2.22. The molecule has 5 nitrogen and oxygen atoms in total. The molecule has 0 aliphatic heterocycles. The summed E-state index contributed by atoms with van der Waals surface area (Å²) in [5, 5.41) is 6.83. The van der Waals surface area contributed by atoms with Gasteiger partial charge in [0.05, 0.1) is 5.69 Å². The second-order valence-electron chi connectivity index (χ2n) is 4.99. The van der Waals surface area contributed by atoms with Crippen LogP contribution in [0.15, 0.2) is 18.8 Å². The molecular formula is C13H21N3O2. The van der Waals surface area contributed by atoms with Crippen LogP contribution in [0, 0.1) is 0 Å². The average Bonchev–Trinajstić information content (AvgIpc) is 2.71. The molecule has 1 aromatic heterocycles. The fourth-order valence-electron chi connectivity index (χ4n) is 1.47. The van der Waals surface area contributed by atoms with E-state index in [1.165, 1.54) is 0 Å². The summed E-state index contributed by atoms with van der Waals surface area (Å²) in [6, 6.07) is 1.88. The smallest absolute Gasteiger partial charge is 0.407 e. The van der Waals surface area contributed by atoms with Crippen molar-refractivity contribution in [1.29, 1.82) is 0 Å². The molecule has 1 N–H and O–H groups in total. The highest BCUT2D eigenvalue weighted by atomic mass is 16.6. The van der Waals surface area contributed by atoms with Gasteiger partial charge in [0.1, 0.15) is 5.60 Å². The molecule has 0 radical (unpaired) electrons. The number of amides is 1. The number of ether oxygens (including phenoxy) is 1. The van der Waals surface area contributed by atoms with Crippen molar-refractivity contribution >= 4 is 11.7 Å². The number of carbonyl (C=O) groups excluding carboxylic acids is 1. The molecule has 1 heterocycles. The lowest BCUT2D eigenvalue weighted by Gasteiger charge is -2.20. The van der Waals surface area contributed by atoms with E-state index in [9.17, 15) is 4.79 Å². The highest BCUT2D eigenvalue weighted by Gasteiger charge is 2.16. The van der Waals surface area contributed by atoms with Gasteiger partial charge in [0, 0.05) is 19.3 Å². The second-order valence-corrected chi connectivity index (χ2v) is 4.99. The Bertz CT molecular complexity index is 430. The molecule has 1 amide bonds. The molecule has 0 unspecified atom stereocenters. The minimum Gasteiger partial charge on any atom is -0.444 e. The third kappa shape index (κ3) is 4.24. The Morgan fingerprint density at radius 1 is 1.56 bits per heavy atom. The van der Waals surface area contributed by atoms with Crippen LogP contribution in [-0.4, -0.2) is 28.0 Å². The SMILES string of the molecule is C=C(CNC(=O)OC(C)(C)C)c1ccnn1CC. The monoisotopic (exact) mass is 251 g/mol. The maximum atomic E-state index is 11.5.